The molecule has 0 spiro atoms. The van der Waals surface area contributed by atoms with Crippen molar-refractivity contribution in [1.82, 2.24) is 25.7 Å². The third-order valence-corrected chi connectivity index (χ3v) is 3.06. The Morgan fingerprint density at radius 3 is 2.89 bits per heavy atom. The monoisotopic (exact) mass is 260 g/mol. The van der Waals surface area contributed by atoms with E-state index in [2.05, 4.69) is 30.6 Å². The minimum Gasteiger partial charge on any atom is -0.354 e. The van der Waals surface area contributed by atoms with Crippen LogP contribution in [0.3, 0.4) is 0 Å². The van der Waals surface area contributed by atoms with E-state index in [-0.39, 0.29) is 0 Å². The summed E-state index contributed by atoms with van der Waals surface area (Å²) in [5.41, 5.74) is 0.609. The van der Waals surface area contributed by atoms with Crippen LogP contribution in [0.4, 0.5) is 5.82 Å². The SMILES string of the molecule is Cc1noc(-c2ccc(N3CCCNCC3)nn2)n1. The number of anilines is 1. The fourth-order valence-corrected chi connectivity index (χ4v) is 2.08. The number of hydrogen-bond acceptors (Lipinski definition) is 7. The number of nitrogens with one attached hydrogen (secondary N) is 1. The van der Waals surface area contributed by atoms with Gasteiger partial charge in [-0.3, -0.25) is 0 Å². The van der Waals surface area contributed by atoms with E-state index in [4.69, 9.17) is 4.52 Å². The average molecular weight is 260 g/mol. The van der Waals surface area contributed by atoms with Gasteiger partial charge in [-0.05, 0) is 32.0 Å². The molecule has 0 saturated carbocycles. The van der Waals surface area contributed by atoms with Gasteiger partial charge in [0, 0.05) is 19.6 Å². The average Bonchev–Trinajstić information content (AvgIpc) is 2.72. The molecule has 1 fully saturated rings. The summed E-state index contributed by atoms with van der Waals surface area (Å²) in [6.07, 6.45) is 1.12. The molecule has 3 rings (SSSR count). The van der Waals surface area contributed by atoms with Crippen LogP contribution in [0.5, 0.6) is 0 Å². The Bertz CT molecular complexity index is 529. The van der Waals surface area contributed by atoms with Gasteiger partial charge in [-0.25, -0.2) is 0 Å². The summed E-state index contributed by atoms with van der Waals surface area (Å²) < 4.78 is 5.07. The summed E-state index contributed by atoms with van der Waals surface area (Å²) in [6.45, 7) is 5.77. The van der Waals surface area contributed by atoms with Gasteiger partial charge in [0.25, 0.3) is 5.89 Å². The molecule has 0 amide bonds. The van der Waals surface area contributed by atoms with E-state index < -0.39 is 0 Å². The van der Waals surface area contributed by atoms with Crippen LogP contribution in [0.15, 0.2) is 16.7 Å². The van der Waals surface area contributed by atoms with E-state index in [9.17, 15) is 0 Å². The predicted molar refractivity (Wildman–Crippen MR) is 69.8 cm³/mol. The van der Waals surface area contributed by atoms with E-state index >= 15 is 0 Å². The normalized spacial score (nSPS) is 16.4. The molecule has 1 aliphatic heterocycles. The molecule has 0 radical (unpaired) electrons. The first kappa shape index (κ1) is 12.0. The minimum absolute atomic E-state index is 0.411. The summed E-state index contributed by atoms with van der Waals surface area (Å²) in [5.74, 6) is 1.90. The van der Waals surface area contributed by atoms with Crippen LogP contribution >= 0.6 is 0 Å². The van der Waals surface area contributed by atoms with Gasteiger partial charge in [-0.15, -0.1) is 10.2 Å². The summed E-state index contributed by atoms with van der Waals surface area (Å²) in [7, 11) is 0. The van der Waals surface area contributed by atoms with Gasteiger partial charge >= 0.3 is 0 Å². The molecule has 1 saturated heterocycles. The fraction of sp³-hybridized carbons (Fsp3) is 0.500. The molecule has 1 aliphatic rings. The second-order valence-electron chi connectivity index (χ2n) is 4.51. The van der Waals surface area contributed by atoms with Crippen molar-refractivity contribution in [3.63, 3.8) is 0 Å². The van der Waals surface area contributed by atoms with Gasteiger partial charge in [0.15, 0.2) is 17.3 Å². The second-order valence-corrected chi connectivity index (χ2v) is 4.51. The molecule has 3 heterocycles. The van der Waals surface area contributed by atoms with Crippen molar-refractivity contribution < 1.29 is 4.52 Å². The highest BCUT2D eigenvalue weighted by Gasteiger charge is 2.13. The Labute approximate surface area is 111 Å². The Morgan fingerprint density at radius 2 is 2.16 bits per heavy atom. The fourth-order valence-electron chi connectivity index (χ4n) is 2.08. The molecule has 0 aromatic carbocycles. The lowest BCUT2D eigenvalue weighted by Gasteiger charge is -2.20. The smallest absolute Gasteiger partial charge is 0.278 e. The third-order valence-electron chi connectivity index (χ3n) is 3.06. The molecule has 0 atom stereocenters. The lowest BCUT2D eigenvalue weighted by atomic mass is 10.3. The maximum Gasteiger partial charge on any atom is 0.278 e. The molecule has 2 aromatic heterocycles. The lowest BCUT2D eigenvalue weighted by Crippen LogP contribution is -2.28. The standard InChI is InChI=1S/C12H16N6O/c1-9-14-12(19-17-9)10-3-4-11(16-15-10)18-7-2-5-13-6-8-18/h3-4,13H,2,5-8H2,1H3. The van der Waals surface area contributed by atoms with Gasteiger partial charge in [0.2, 0.25) is 0 Å². The molecule has 7 heteroatoms. The summed E-state index contributed by atoms with van der Waals surface area (Å²) in [6, 6.07) is 3.82. The first-order valence-corrected chi connectivity index (χ1v) is 6.43. The third kappa shape index (κ3) is 2.70. The summed E-state index contributed by atoms with van der Waals surface area (Å²) in [5, 5.41) is 15.5. The number of aryl methyl sites for hydroxylation is 1. The van der Waals surface area contributed by atoms with Crippen molar-refractivity contribution in [2.75, 3.05) is 31.1 Å². The lowest BCUT2D eigenvalue weighted by molar-refractivity contribution is 0.424. The molecular weight excluding hydrogens is 244 g/mol. The van der Waals surface area contributed by atoms with E-state index in [0.29, 0.717) is 17.4 Å². The van der Waals surface area contributed by atoms with Crippen LogP contribution in [0.1, 0.15) is 12.2 Å². The van der Waals surface area contributed by atoms with E-state index in [1.807, 2.05) is 12.1 Å². The summed E-state index contributed by atoms with van der Waals surface area (Å²) in [4.78, 5) is 6.37. The zero-order valence-electron chi connectivity index (χ0n) is 10.8. The maximum absolute atomic E-state index is 5.07. The molecule has 100 valence electrons. The predicted octanol–water partition coefficient (Wildman–Crippen LogP) is 0.635. The first-order chi connectivity index (χ1) is 9.33. The Balaban J connectivity index is 1.78. The van der Waals surface area contributed by atoms with Crippen molar-refractivity contribution in [3.05, 3.63) is 18.0 Å². The summed E-state index contributed by atoms with van der Waals surface area (Å²) >= 11 is 0. The molecule has 7 nitrogen and oxygen atoms in total. The van der Waals surface area contributed by atoms with Crippen LogP contribution in [0.2, 0.25) is 0 Å². The first-order valence-electron chi connectivity index (χ1n) is 6.43. The van der Waals surface area contributed by atoms with Gasteiger partial charge in [-0.2, -0.15) is 4.98 Å². The van der Waals surface area contributed by atoms with E-state index in [0.717, 1.165) is 38.4 Å². The molecule has 0 unspecified atom stereocenters. The van der Waals surface area contributed by atoms with Crippen LogP contribution in [-0.2, 0) is 0 Å². The molecule has 0 bridgehead atoms. The number of hydrogen-bond donors (Lipinski definition) is 1. The highest BCUT2D eigenvalue weighted by atomic mass is 16.5. The van der Waals surface area contributed by atoms with Gasteiger partial charge in [-0.1, -0.05) is 5.16 Å². The minimum atomic E-state index is 0.411. The van der Waals surface area contributed by atoms with Gasteiger partial charge < -0.3 is 14.7 Å². The second kappa shape index (κ2) is 5.31. The van der Waals surface area contributed by atoms with Crippen LogP contribution in [0, 0.1) is 6.92 Å². The maximum atomic E-state index is 5.07. The number of nitrogens with zero attached hydrogens (tertiary/aromatic N) is 5. The Morgan fingerprint density at radius 1 is 1.21 bits per heavy atom. The van der Waals surface area contributed by atoms with E-state index in [1.165, 1.54) is 0 Å². The largest absolute Gasteiger partial charge is 0.354 e. The van der Waals surface area contributed by atoms with Crippen molar-refractivity contribution in [2.24, 2.45) is 0 Å². The number of rotatable bonds is 2. The zero-order valence-corrected chi connectivity index (χ0v) is 10.8. The molecule has 0 aliphatic carbocycles. The highest BCUT2D eigenvalue weighted by molar-refractivity contribution is 5.49. The number of aromatic nitrogens is 4. The van der Waals surface area contributed by atoms with Crippen molar-refractivity contribution in [3.8, 4) is 11.6 Å². The van der Waals surface area contributed by atoms with Crippen LogP contribution in [-0.4, -0.2) is 46.5 Å². The Kier molecular flexibility index (Phi) is 3.37. The quantitative estimate of drug-likeness (QED) is 0.848. The zero-order chi connectivity index (χ0) is 13.1. The van der Waals surface area contributed by atoms with Crippen LogP contribution in [0.25, 0.3) is 11.6 Å². The van der Waals surface area contributed by atoms with Crippen molar-refractivity contribution in [1.29, 1.82) is 0 Å². The van der Waals surface area contributed by atoms with Crippen LogP contribution < -0.4 is 10.2 Å². The molecule has 2 aromatic rings. The van der Waals surface area contributed by atoms with Crippen molar-refractivity contribution >= 4 is 5.82 Å². The highest BCUT2D eigenvalue weighted by Crippen LogP contribution is 2.17. The van der Waals surface area contributed by atoms with Gasteiger partial charge in [0.05, 0.1) is 0 Å². The Hall–Kier alpha value is -2.02. The van der Waals surface area contributed by atoms with Gasteiger partial charge in [0.1, 0.15) is 0 Å². The topological polar surface area (TPSA) is 80.0 Å². The van der Waals surface area contributed by atoms with E-state index in [1.54, 1.807) is 6.92 Å². The molecular formula is C12H16N6O. The molecule has 19 heavy (non-hydrogen) atoms. The molecule has 1 N–H and O–H groups in total. The van der Waals surface area contributed by atoms with Crippen molar-refractivity contribution in [2.45, 2.75) is 13.3 Å².